The highest BCUT2D eigenvalue weighted by molar-refractivity contribution is 7.90. The van der Waals surface area contributed by atoms with Crippen LogP contribution >= 0.6 is 0 Å². The molecule has 1 fully saturated rings. The van der Waals surface area contributed by atoms with Crippen molar-refractivity contribution in [3.63, 3.8) is 0 Å². The number of rotatable bonds is 6. The Hall–Kier alpha value is -0.680. The number of sulfonamides is 1. The minimum atomic E-state index is -3.49. The maximum absolute atomic E-state index is 11.7. The normalized spacial score (nSPS) is 19.8. The molecular formula is C10H19N3O3S. The fraction of sp³-hybridized carbons (Fsp3) is 0.900. The van der Waals surface area contributed by atoms with E-state index in [1.54, 1.807) is 13.0 Å². The van der Waals surface area contributed by atoms with Crippen LogP contribution in [0.5, 0.6) is 0 Å². The second kappa shape index (κ2) is 6.91. The standard InChI is InChI=1S/C10H19N3O3S/c1-2-10(9-11)17(14,15)12-3-4-13-5-7-16-8-6-13/h10,12H,2-8H2,1H3. The lowest BCUT2D eigenvalue weighted by Gasteiger charge is -2.26. The minimum Gasteiger partial charge on any atom is -0.379 e. The molecule has 6 nitrogen and oxygen atoms in total. The van der Waals surface area contributed by atoms with Crippen molar-refractivity contribution < 1.29 is 13.2 Å². The van der Waals surface area contributed by atoms with Crippen LogP contribution in [-0.2, 0) is 14.8 Å². The highest BCUT2D eigenvalue weighted by atomic mass is 32.2. The number of nitrogens with zero attached hydrogens (tertiary/aromatic N) is 2. The molecule has 0 bridgehead atoms. The third-order valence-electron chi connectivity index (χ3n) is 2.72. The SMILES string of the molecule is CCC(C#N)S(=O)(=O)NCCN1CCOCC1. The number of morpholine rings is 1. The molecule has 0 aromatic carbocycles. The zero-order valence-electron chi connectivity index (χ0n) is 10.1. The van der Waals surface area contributed by atoms with E-state index < -0.39 is 15.3 Å². The zero-order chi connectivity index (χ0) is 12.7. The van der Waals surface area contributed by atoms with Gasteiger partial charge in [-0.25, -0.2) is 13.1 Å². The first-order valence-corrected chi connectivity index (χ1v) is 7.33. The summed E-state index contributed by atoms with van der Waals surface area (Å²) in [6.45, 7) is 5.75. The molecule has 0 saturated carbocycles. The van der Waals surface area contributed by atoms with E-state index in [4.69, 9.17) is 10.00 Å². The molecule has 1 heterocycles. The lowest BCUT2D eigenvalue weighted by Crippen LogP contribution is -2.42. The van der Waals surface area contributed by atoms with Gasteiger partial charge in [-0.05, 0) is 6.42 Å². The summed E-state index contributed by atoms with van der Waals surface area (Å²) in [4.78, 5) is 2.14. The maximum Gasteiger partial charge on any atom is 0.228 e. The van der Waals surface area contributed by atoms with Crippen LogP contribution in [0.1, 0.15) is 13.3 Å². The van der Waals surface area contributed by atoms with Gasteiger partial charge in [-0.1, -0.05) is 6.92 Å². The predicted molar refractivity (Wildman–Crippen MR) is 63.9 cm³/mol. The second-order valence-electron chi connectivity index (χ2n) is 3.92. The zero-order valence-corrected chi connectivity index (χ0v) is 10.9. The van der Waals surface area contributed by atoms with E-state index in [1.165, 1.54) is 0 Å². The first kappa shape index (κ1) is 14.4. The molecule has 98 valence electrons. The molecule has 1 N–H and O–H groups in total. The molecule has 0 radical (unpaired) electrons. The number of ether oxygens (including phenoxy) is 1. The summed E-state index contributed by atoms with van der Waals surface area (Å²) in [5, 5.41) is 7.76. The molecule has 1 saturated heterocycles. The molecule has 0 aliphatic carbocycles. The van der Waals surface area contributed by atoms with E-state index in [-0.39, 0.29) is 0 Å². The summed E-state index contributed by atoms with van der Waals surface area (Å²) < 4.78 is 31.0. The Labute approximate surface area is 103 Å². The van der Waals surface area contributed by atoms with Gasteiger partial charge in [0.05, 0.1) is 19.3 Å². The van der Waals surface area contributed by atoms with Gasteiger partial charge in [0.1, 0.15) is 0 Å². The van der Waals surface area contributed by atoms with Crippen LogP contribution < -0.4 is 4.72 Å². The van der Waals surface area contributed by atoms with E-state index in [9.17, 15) is 8.42 Å². The van der Waals surface area contributed by atoms with Gasteiger partial charge in [0.2, 0.25) is 10.0 Å². The van der Waals surface area contributed by atoms with Crippen molar-refractivity contribution in [2.24, 2.45) is 0 Å². The number of hydrogen-bond donors (Lipinski definition) is 1. The quantitative estimate of drug-likeness (QED) is 0.699. The van der Waals surface area contributed by atoms with Gasteiger partial charge in [-0.15, -0.1) is 0 Å². The molecular weight excluding hydrogens is 242 g/mol. The highest BCUT2D eigenvalue weighted by Crippen LogP contribution is 2.02. The van der Waals surface area contributed by atoms with Crippen molar-refractivity contribution in [2.45, 2.75) is 18.6 Å². The lowest BCUT2D eigenvalue weighted by atomic mass is 10.4. The number of nitrogens with one attached hydrogen (secondary N) is 1. The minimum absolute atomic E-state index is 0.309. The largest absolute Gasteiger partial charge is 0.379 e. The Morgan fingerprint density at radius 1 is 1.47 bits per heavy atom. The van der Waals surface area contributed by atoms with Gasteiger partial charge in [-0.2, -0.15) is 5.26 Å². The van der Waals surface area contributed by atoms with Crippen LogP contribution in [0.3, 0.4) is 0 Å². The molecule has 0 amide bonds. The molecule has 0 aromatic heterocycles. The van der Waals surface area contributed by atoms with Crippen LogP contribution in [0.25, 0.3) is 0 Å². The van der Waals surface area contributed by atoms with Gasteiger partial charge in [0, 0.05) is 26.2 Å². The average molecular weight is 261 g/mol. The molecule has 0 spiro atoms. The molecule has 17 heavy (non-hydrogen) atoms. The van der Waals surface area contributed by atoms with Crippen molar-refractivity contribution in [3.05, 3.63) is 0 Å². The Morgan fingerprint density at radius 3 is 2.65 bits per heavy atom. The van der Waals surface area contributed by atoms with Crippen molar-refractivity contribution in [1.82, 2.24) is 9.62 Å². The van der Waals surface area contributed by atoms with E-state index in [1.807, 2.05) is 0 Å². The molecule has 1 unspecified atom stereocenters. The van der Waals surface area contributed by atoms with Crippen LogP contribution in [0.4, 0.5) is 0 Å². The van der Waals surface area contributed by atoms with E-state index in [2.05, 4.69) is 9.62 Å². The summed E-state index contributed by atoms with van der Waals surface area (Å²) in [5.74, 6) is 0. The first-order chi connectivity index (χ1) is 8.10. The molecule has 0 aromatic rings. The fourth-order valence-corrected chi connectivity index (χ4v) is 2.81. The smallest absolute Gasteiger partial charge is 0.228 e. The Balaban J connectivity index is 2.32. The second-order valence-corrected chi connectivity index (χ2v) is 5.87. The third kappa shape index (κ3) is 4.60. The Kier molecular flexibility index (Phi) is 5.85. The van der Waals surface area contributed by atoms with Crippen LogP contribution in [0.2, 0.25) is 0 Å². The summed E-state index contributed by atoms with van der Waals surface area (Å²) in [6, 6.07) is 1.80. The van der Waals surface area contributed by atoms with Crippen molar-refractivity contribution in [2.75, 3.05) is 39.4 Å². The van der Waals surface area contributed by atoms with E-state index in [0.29, 0.717) is 32.7 Å². The molecule has 1 aliphatic heterocycles. The predicted octanol–water partition coefficient (Wildman–Crippen LogP) is -0.460. The fourth-order valence-electron chi connectivity index (χ4n) is 1.65. The Bertz CT molecular complexity index is 357. The van der Waals surface area contributed by atoms with Crippen LogP contribution in [-0.4, -0.2) is 58.0 Å². The monoisotopic (exact) mass is 261 g/mol. The number of hydrogen-bond acceptors (Lipinski definition) is 5. The lowest BCUT2D eigenvalue weighted by molar-refractivity contribution is 0.0390. The molecule has 1 rings (SSSR count). The van der Waals surface area contributed by atoms with Crippen molar-refractivity contribution in [1.29, 1.82) is 5.26 Å². The Morgan fingerprint density at radius 2 is 2.12 bits per heavy atom. The maximum atomic E-state index is 11.7. The molecule has 7 heteroatoms. The van der Waals surface area contributed by atoms with Gasteiger partial charge >= 0.3 is 0 Å². The summed E-state index contributed by atoms with van der Waals surface area (Å²) in [7, 11) is -3.49. The van der Waals surface area contributed by atoms with Crippen molar-refractivity contribution in [3.8, 4) is 6.07 Å². The van der Waals surface area contributed by atoms with Gasteiger partial charge in [-0.3, -0.25) is 4.90 Å². The van der Waals surface area contributed by atoms with Crippen LogP contribution in [0, 0.1) is 11.3 Å². The summed E-state index contributed by atoms with van der Waals surface area (Å²) in [5.41, 5.74) is 0. The van der Waals surface area contributed by atoms with Gasteiger partial charge in [0.25, 0.3) is 0 Å². The molecule has 1 atom stereocenters. The van der Waals surface area contributed by atoms with Gasteiger partial charge in [0.15, 0.2) is 5.25 Å². The summed E-state index contributed by atoms with van der Waals surface area (Å²) in [6.07, 6.45) is 0.309. The topological polar surface area (TPSA) is 82.4 Å². The number of nitriles is 1. The van der Waals surface area contributed by atoms with E-state index >= 15 is 0 Å². The molecule has 1 aliphatic rings. The van der Waals surface area contributed by atoms with Crippen molar-refractivity contribution >= 4 is 10.0 Å². The average Bonchev–Trinajstić information content (AvgIpc) is 2.31. The van der Waals surface area contributed by atoms with Gasteiger partial charge < -0.3 is 4.74 Å². The van der Waals surface area contributed by atoms with Crippen LogP contribution in [0.15, 0.2) is 0 Å². The first-order valence-electron chi connectivity index (χ1n) is 5.78. The van der Waals surface area contributed by atoms with E-state index in [0.717, 1.165) is 13.1 Å². The third-order valence-corrected chi connectivity index (χ3v) is 4.52. The summed E-state index contributed by atoms with van der Waals surface area (Å²) >= 11 is 0. The highest BCUT2D eigenvalue weighted by Gasteiger charge is 2.22.